The van der Waals surface area contributed by atoms with E-state index in [0.29, 0.717) is 0 Å². The predicted octanol–water partition coefficient (Wildman–Crippen LogP) is 15.4. The third-order valence-corrected chi connectivity index (χ3v) is 13.9. The van der Waals surface area contributed by atoms with Crippen LogP contribution in [-0.4, -0.2) is 0 Å². The number of hydrogen-bond donors (Lipinski definition) is 0. The van der Waals surface area contributed by atoms with Crippen LogP contribution in [0.2, 0.25) is 0 Å². The lowest BCUT2D eigenvalue weighted by atomic mass is 9.66. The van der Waals surface area contributed by atoms with E-state index in [-0.39, 0.29) is 5.41 Å². The first-order chi connectivity index (χ1) is 29.5. The molecular formula is C58H39NO. The molecule has 282 valence electrons. The molecule has 3 aliphatic rings. The fraction of sp³-hybridized carbons (Fsp3) is 0.0690. The maximum atomic E-state index is 6.58. The Balaban J connectivity index is 1.16. The molecule has 13 rings (SSSR count). The summed E-state index contributed by atoms with van der Waals surface area (Å²) in [7, 11) is 0. The highest BCUT2D eigenvalue weighted by molar-refractivity contribution is 6.13. The SMILES string of the molecule is CC1(C)c2ccccc2-c2ccc(N(c3ccc4c(c3)C3(c5ccccc5-c5ccccc5-4)c4ccccc4-c4ccccc43)c3cccc4oc5ccccc5c34)cc21. The Morgan fingerprint density at radius 1 is 0.350 bits per heavy atom. The lowest BCUT2D eigenvalue weighted by Gasteiger charge is -2.36. The molecular weight excluding hydrogens is 727 g/mol. The topological polar surface area (TPSA) is 16.4 Å². The van der Waals surface area contributed by atoms with Gasteiger partial charge in [-0.2, -0.15) is 0 Å². The zero-order valence-corrected chi connectivity index (χ0v) is 33.4. The van der Waals surface area contributed by atoms with Crippen LogP contribution in [0.15, 0.2) is 205 Å². The molecule has 0 bridgehead atoms. The summed E-state index contributed by atoms with van der Waals surface area (Å²) < 4.78 is 6.58. The van der Waals surface area contributed by atoms with Crippen molar-refractivity contribution in [2.24, 2.45) is 0 Å². The zero-order valence-electron chi connectivity index (χ0n) is 33.4. The number of furan rings is 1. The van der Waals surface area contributed by atoms with Gasteiger partial charge in [-0.15, -0.1) is 0 Å². The first-order valence-corrected chi connectivity index (χ1v) is 21.0. The van der Waals surface area contributed by atoms with Crippen LogP contribution >= 0.6 is 0 Å². The van der Waals surface area contributed by atoms with Crippen molar-refractivity contribution in [2.75, 3.05) is 4.90 Å². The van der Waals surface area contributed by atoms with E-state index < -0.39 is 5.41 Å². The van der Waals surface area contributed by atoms with Gasteiger partial charge in [0.25, 0.3) is 0 Å². The summed E-state index contributed by atoms with van der Waals surface area (Å²) >= 11 is 0. The van der Waals surface area contributed by atoms with E-state index in [9.17, 15) is 0 Å². The van der Waals surface area contributed by atoms with E-state index in [4.69, 9.17) is 4.42 Å². The molecule has 1 heterocycles. The molecule has 3 aliphatic carbocycles. The molecule has 0 aliphatic heterocycles. The Hall–Kier alpha value is -7.42. The molecule has 60 heavy (non-hydrogen) atoms. The fourth-order valence-electron chi connectivity index (χ4n) is 11.4. The third-order valence-electron chi connectivity index (χ3n) is 13.9. The molecule has 0 fully saturated rings. The van der Waals surface area contributed by atoms with Crippen molar-refractivity contribution >= 4 is 39.0 Å². The van der Waals surface area contributed by atoms with Gasteiger partial charge in [-0.05, 0) is 120 Å². The van der Waals surface area contributed by atoms with E-state index in [1.807, 2.05) is 0 Å². The highest BCUT2D eigenvalue weighted by atomic mass is 16.3. The number of nitrogens with zero attached hydrogens (tertiary/aromatic N) is 1. The Morgan fingerprint density at radius 3 is 1.40 bits per heavy atom. The monoisotopic (exact) mass is 765 g/mol. The normalized spacial score (nSPS) is 14.4. The number of rotatable bonds is 3. The van der Waals surface area contributed by atoms with Gasteiger partial charge < -0.3 is 9.32 Å². The van der Waals surface area contributed by atoms with E-state index >= 15 is 0 Å². The van der Waals surface area contributed by atoms with Crippen LogP contribution in [0.1, 0.15) is 47.2 Å². The minimum absolute atomic E-state index is 0.162. The highest BCUT2D eigenvalue weighted by Gasteiger charge is 2.50. The Labute approximate surface area is 349 Å². The summed E-state index contributed by atoms with van der Waals surface area (Å²) in [4.78, 5) is 2.49. The van der Waals surface area contributed by atoms with Gasteiger partial charge in [0, 0.05) is 22.2 Å². The number of fused-ring (bicyclic) bond motifs is 18. The van der Waals surface area contributed by atoms with Gasteiger partial charge in [0.1, 0.15) is 11.2 Å². The average Bonchev–Trinajstić information content (AvgIpc) is 3.88. The van der Waals surface area contributed by atoms with Crippen LogP contribution in [0.4, 0.5) is 17.1 Å². The largest absolute Gasteiger partial charge is 0.456 e. The lowest BCUT2D eigenvalue weighted by molar-refractivity contribution is 0.660. The molecule has 0 unspecified atom stereocenters. The molecule has 1 spiro atoms. The summed E-state index contributed by atoms with van der Waals surface area (Å²) in [5, 5.41) is 2.21. The maximum Gasteiger partial charge on any atom is 0.137 e. The molecule has 9 aromatic carbocycles. The minimum Gasteiger partial charge on any atom is -0.456 e. The lowest BCUT2D eigenvalue weighted by Crippen LogP contribution is -2.29. The van der Waals surface area contributed by atoms with E-state index in [0.717, 1.165) is 39.0 Å². The Kier molecular flexibility index (Phi) is 6.74. The molecule has 0 atom stereocenters. The van der Waals surface area contributed by atoms with E-state index in [2.05, 4.69) is 219 Å². The van der Waals surface area contributed by atoms with Crippen molar-refractivity contribution in [3.8, 4) is 44.5 Å². The molecule has 0 amide bonds. The first kappa shape index (κ1) is 33.5. The van der Waals surface area contributed by atoms with Crippen molar-refractivity contribution in [1.82, 2.24) is 0 Å². The molecule has 2 heteroatoms. The third kappa shape index (κ3) is 4.27. The van der Waals surface area contributed by atoms with Gasteiger partial charge in [0.05, 0.1) is 16.5 Å². The van der Waals surface area contributed by atoms with E-state index in [1.54, 1.807) is 0 Å². The molecule has 2 nitrogen and oxygen atoms in total. The average molecular weight is 766 g/mol. The Morgan fingerprint density at radius 2 is 0.783 bits per heavy atom. The number of hydrogen-bond acceptors (Lipinski definition) is 2. The van der Waals surface area contributed by atoms with Crippen molar-refractivity contribution in [1.29, 1.82) is 0 Å². The summed E-state index contributed by atoms with van der Waals surface area (Å²) in [5.41, 5.74) is 22.4. The summed E-state index contributed by atoms with van der Waals surface area (Å²) in [6, 6.07) is 74.5. The molecule has 1 aromatic heterocycles. The quantitative estimate of drug-likeness (QED) is 0.178. The molecule has 10 aromatic rings. The van der Waals surface area contributed by atoms with Crippen molar-refractivity contribution < 1.29 is 4.42 Å². The first-order valence-electron chi connectivity index (χ1n) is 21.0. The van der Waals surface area contributed by atoms with Crippen molar-refractivity contribution in [2.45, 2.75) is 24.7 Å². The van der Waals surface area contributed by atoms with Crippen LogP contribution in [0.5, 0.6) is 0 Å². The number of para-hydroxylation sites is 1. The van der Waals surface area contributed by atoms with Gasteiger partial charge in [0.15, 0.2) is 0 Å². The summed E-state index contributed by atoms with van der Waals surface area (Å²) in [5.74, 6) is 0. The fourth-order valence-corrected chi connectivity index (χ4v) is 11.4. The second-order valence-corrected chi connectivity index (χ2v) is 17.1. The molecule has 0 saturated carbocycles. The smallest absolute Gasteiger partial charge is 0.137 e. The van der Waals surface area contributed by atoms with Gasteiger partial charge in [0.2, 0.25) is 0 Å². The van der Waals surface area contributed by atoms with Gasteiger partial charge >= 0.3 is 0 Å². The van der Waals surface area contributed by atoms with Crippen LogP contribution in [-0.2, 0) is 10.8 Å². The van der Waals surface area contributed by atoms with Gasteiger partial charge in [-0.25, -0.2) is 0 Å². The second kappa shape index (κ2) is 12.1. The van der Waals surface area contributed by atoms with Crippen molar-refractivity contribution in [3.05, 3.63) is 234 Å². The second-order valence-electron chi connectivity index (χ2n) is 17.1. The summed E-state index contributed by atoms with van der Waals surface area (Å²) in [6.45, 7) is 4.73. The van der Waals surface area contributed by atoms with Crippen LogP contribution < -0.4 is 4.90 Å². The molecule has 0 N–H and O–H groups in total. The number of benzene rings is 9. The van der Waals surface area contributed by atoms with Gasteiger partial charge in [-0.3, -0.25) is 0 Å². The maximum absolute atomic E-state index is 6.58. The van der Waals surface area contributed by atoms with Gasteiger partial charge in [-0.1, -0.05) is 172 Å². The molecule has 0 saturated heterocycles. The number of anilines is 3. The van der Waals surface area contributed by atoms with Crippen LogP contribution in [0, 0.1) is 0 Å². The van der Waals surface area contributed by atoms with E-state index in [1.165, 1.54) is 77.9 Å². The minimum atomic E-state index is -0.588. The van der Waals surface area contributed by atoms with Crippen LogP contribution in [0.25, 0.3) is 66.4 Å². The predicted molar refractivity (Wildman–Crippen MR) is 248 cm³/mol. The Bertz CT molecular complexity index is 3390. The molecule has 0 radical (unpaired) electrons. The highest BCUT2D eigenvalue weighted by Crippen LogP contribution is 2.62. The summed E-state index contributed by atoms with van der Waals surface area (Å²) in [6.07, 6.45) is 0. The van der Waals surface area contributed by atoms with Crippen molar-refractivity contribution in [3.63, 3.8) is 0 Å². The standard InChI is InChI=1S/C58H39NO/c1-57(2)47-23-10-5-19-41(47)45-33-31-36(34-51(45)57)59(53-27-15-29-55-56(53)46-22-9-14-28-54(46)60-55)37-30-32-44-39-17-4-3-16-38(39)40-18-6-11-24-48(40)58(52(44)35-37)49-25-12-7-20-42(49)43-21-8-13-26-50(43)58/h3-35H,1-2H3. The van der Waals surface area contributed by atoms with Crippen LogP contribution in [0.3, 0.4) is 0 Å². The zero-order chi connectivity index (χ0) is 39.7.